The average molecular weight is 358 g/mol. The fourth-order valence-electron chi connectivity index (χ4n) is 3.14. The van der Waals surface area contributed by atoms with Crippen LogP contribution in [0.15, 0.2) is 49.0 Å². The monoisotopic (exact) mass is 358 g/mol. The van der Waals surface area contributed by atoms with Crippen molar-refractivity contribution < 1.29 is 14.3 Å². The van der Waals surface area contributed by atoms with Crippen molar-refractivity contribution in [1.29, 1.82) is 5.26 Å². The maximum Gasteiger partial charge on any atom is 0.195 e. The second-order valence-corrected chi connectivity index (χ2v) is 5.93. The van der Waals surface area contributed by atoms with E-state index in [4.69, 9.17) is 9.47 Å². The first-order valence-corrected chi connectivity index (χ1v) is 8.27. The van der Waals surface area contributed by atoms with Crippen LogP contribution in [-0.4, -0.2) is 25.0 Å². The maximum atomic E-state index is 13.2. The van der Waals surface area contributed by atoms with Crippen LogP contribution in [0.1, 0.15) is 27.2 Å². The molecule has 3 rings (SSSR count). The third-order valence-corrected chi connectivity index (χ3v) is 4.38. The summed E-state index contributed by atoms with van der Waals surface area (Å²) in [5.41, 5.74) is 2.56. The first-order valence-electron chi connectivity index (χ1n) is 8.27. The minimum atomic E-state index is -0.205. The number of carbonyl (C=O) groups is 1. The Morgan fingerprint density at radius 1 is 1.07 bits per heavy atom. The molecule has 0 bridgehead atoms. The lowest BCUT2D eigenvalue weighted by atomic mass is 9.90. The number of ketones is 1. The molecule has 0 atom stereocenters. The van der Waals surface area contributed by atoms with Gasteiger partial charge in [-0.05, 0) is 19.1 Å². The summed E-state index contributed by atoms with van der Waals surface area (Å²) in [4.78, 5) is 17.8. The number of hydrogen-bond acceptors (Lipinski definition) is 5. The third-order valence-electron chi connectivity index (χ3n) is 4.38. The molecular weight excluding hydrogens is 340 g/mol. The lowest BCUT2D eigenvalue weighted by Crippen LogP contribution is -2.10. The summed E-state index contributed by atoms with van der Waals surface area (Å²) in [6.07, 6.45) is 0. The number of aromatic nitrogens is 1. The van der Waals surface area contributed by atoms with E-state index in [2.05, 4.69) is 17.6 Å². The Morgan fingerprint density at radius 3 is 2.37 bits per heavy atom. The number of hydrogen-bond donors (Lipinski definition) is 0. The quantitative estimate of drug-likeness (QED) is 0.501. The third kappa shape index (κ3) is 3.02. The van der Waals surface area contributed by atoms with Gasteiger partial charge < -0.3 is 9.47 Å². The number of allylic oxidation sites excluding steroid dienone is 1. The minimum Gasteiger partial charge on any atom is -0.493 e. The molecule has 5 heteroatoms. The van der Waals surface area contributed by atoms with E-state index < -0.39 is 0 Å². The largest absolute Gasteiger partial charge is 0.493 e. The van der Waals surface area contributed by atoms with Crippen molar-refractivity contribution in [3.63, 3.8) is 0 Å². The number of benzene rings is 2. The van der Waals surface area contributed by atoms with Crippen LogP contribution < -0.4 is 9.47 Å². The molecule has 0 aliphatic rings. The summed E-state index contributed by atoms with van der Waals surface area (Å²) in [5.74, 6) is 0.764. The van der Waals surface area contributed by atoms with Gasteiger partial charge in [0.05, 0.1) is 31.4 Å². The molecule has 5 nitrogen and oxygen atoms in total. The van der Waals surface area contributed by atoms with E-state index in [1.807, 2.05) is 6.07 Å². The number of nitriles is 1. The van der Waals surface area contributed by atoms with Crippen LogP contribution in [0.5, 0.6) is 11.5 Å². The average Bonchev–Trinajstić information content (AvgIpc) is 2.71. The number of ether oxygens (including phenoxy) is 2. The van der Waals surface area contributed by atoms with E-state index in [0.717, 1.165) is 0 Å². The summed E-state index contributed by atoms with van der Waals surface area (Å²) in [7, 11) is 3.06. The predicted molar refractivity (Wildman–Crippen MR) is 104 cm³/mol. The van der Waals surface area contributed by atoms with Crippen LogP contribution in [0.25, 0.3) is 16.5 Å². The molecule has 0 radical (unpaired) electrons. The van der Waals surface area contributed by atoms with Gasteiger partial charge in [0.2, 0.25) is 0 Å². The van der Waals surface area contributed by atoms with Crippen molar-refractivity contribution in [2.24, 2.45) is 0 Å². The molecule has 134 valence electrons. The molecule has 1 aromatic heterocycles. The van der Waals surface area contributed by atoms with Crippen LogP contribution in [0.4, 0.5) is 0 Å². The Balaban J connectivity index is 2.42. The van der Waals surface area contributed by atoms with Crippen LogP contribution in [0.3, 0.4) is 0 Å². The summed E-state index contributed by atoms with van der Waals surface area (Å²) < 4.78 is 10.8. The summed E-state index contributed by atoms with van der Waals surface area (Å²) in [5, 5.41) is 10.1. The van der Waals surface area contributed by atoms with Gasteiger partial charge in [-0.25, -0.2) is 4.98 Å². The number of rotatable bonds is 5. The lowest BCUT2D eigenvalue weighted by molar-refractivity contribution is 0.103. The fourth-order valence-corrected chi connectivity index (χ4v) is 3.14. The second kappa shape index (κ2) is 7.30. The standard InChI is InChI=1S/C22H18N2O3/c1-13(12-23)18-16-10-11-17(26-3)22(27-4)20(16)24-14(2)19(18)21(25)15-8-6-5-7-9-15/h5-11H,1H2,2-4H3. The zero-order valence-electron chi connectivity index (χ0n) is 15.4. The van der Waals surface area contributed by atoms with Crippen molar-refractivity contribution >= 4 is 22.3 Å². The molecule has 0 N–H and O–H groups in total. The lowest BCUT2D eigenvalue weighted by Gasteiger charge is -2.17. The van der Waals surface area contributed by atoms with Crippen LogP contribution in [-0.2, 0) is 0 Å². The van der Waals surface area contributed by atoms with E-state index in [0.29, 0.717) is 44.8 Å². The maximum absolute atomic E-state index is 13.2. The summed E-state index contributed by atoms with van der Waals surface area (Å²) in [6.45, 7) is 5.60. The minimum absolute atomic E-state index is 0.192. The van der Waals surface area contributed by atoms with E-state index in [-0.39, 0.29) is 11.4 Å². The summed E-state index contributed by atoms with van der Waals surface area (Å²) in [6, 6.07) is 14.5. The first-order chi connectivity index (χ1) is 13.0. The molecule has 1 heterocycles. The highest BCUT2D eigenvalue weighted by molar-refractivity contribution is 6.16. The molecule has 3 aromatic rings. The van der Waals surface area contributed by atoms with Gasteiger partial charge in [-0.3, -0.25) is 4.79 Å². The molecule has 2 aromatic carbocycles. The number of aryl methyl sites for hydroxylation is 1. The van der Waals surface area contributed by atoms with Crippen molar-refractivity contribution in [3.05, 3.63) is 71.4 Å². The van der Waals surface area contributed by atoms with Crippen molar-refractivity contribution in [2.75, 3.05) is 14.2 Å². The van der Waals surface area contributed by atoms with Gasteiger partial charge in [-0.15, -0.1) is 0 Å². The second-order valence-electron chi connectivity index (χ2n) is 5.93. The Labute approximate surface area is 157 Å². The summed E-state index contributed by atoms with van der Waals surface area (Å²) >= 11 is 0. The van der Waals surface area contributed by atoms with Crippen LogP contribution in [0.2, 0.25) is 0 Å². The Kier molecular flexibility index (Phi) is 4.91. The first kappa shape index (κ1) is 18.2. The highest BCUT2D eigenvalue weighted by Gasteiger charge is 2.24. The van der Waals surface area contributed by atoms with Gasteiger partial charge in [0.15, 0.2) is 17.3 Å². The number of pyridine rings is 1. The molecule has 27 heavy (non-hydrogen) atoms. The fraction of sp³-hybridized carbons (Fsp3) is 0.136. The normalized spacial score (nSPS) is 10.3. The molecule has 0 amide bonds. The van der Waals surface area contributed by atoms with Crippen molar-refractivity contribution in [2.45, 2.75) is 6.92 Å². The van der Waals surface area contributed by atoms with Crippen LogP contribution >= 0.6 is 0 Å². The topological polar surface area (TPSA) is 72.2 Å². The number of carbonyl (C=O) groups excluding carboxylic acids is 1. The molecule has 0 unspecified atom stereocenters. The molecule has 0 aliphatic carbocycles. The van der Waals surface area contributed by atoms with Gasteiger partial charge in [0, 0.05) is 22.2 Å². The Bertz CT molecular complexity index is 1100. The molecule has 0 aliphatic heterocycles. The van der Waals surface area contributed by atoms with Crippen LogP contribution in [0, 0.1) is 18.3 Å². The van der Waals surface area contributed by atoms with Gasteiger partial charge in [-0.2, -0.15) is 5.26 Å². The van der Waals surface area contributed by atoms with Crippen molar-refractivity contribution in [1.82, 2.24) is 4.98 Å². The molecule has 0 fully saturated rings. The highest BCUT2D eigenvalue weighted by atomic mass is 16.5. The van der Waals surface area contributed by atoms with Gasteiger partial charge in [0.1, 0.15) is 5.52 Å². The number of fused-ring (bicyclic) bond motifs is 1. The Hall–Kier alpha value is -3.65. The van der Waals surface area contributed by atoms with Gasteiger partial charge >= 0.3 is 0 Å². The van der Waals surface area contributed by atoms with Gasteiger partial charge in [0.25, 0.3) is 0 Å². The van der Waals surface area contributed by atoms with Crippen molar-refractivity contribution in [3.8, 4) is 17.6 Å². The Morgan fingerprint density at radius 2 is 1.78 bits per heavy atom. The SMILES string of the molecule is C=C(C#N)c1c(C(=O)c2ccccc2)c(C)nc2c(OC)c(OC)ccc12. The molecule has 0 saturated heterocycles. The van der Waals surface area contributed by atoms with E-state index in [1.165, 1.54) is 7.11 Å². The molecule has 0 saturated carbocycles. The molecule has 0 spiro atoms. The predicted octanol–water partition coefficient (Wildman–Crippen LogP) is 4.33. The van der Waals surface area contributed by atoms with Gasteiger partial charge in [-0.1, -0.05) is 36.9 Å². The highest BCUT2D eigenvalue weighted by Crippen LogP contribution is 2.39. The number of methoxy groups -OCH3 is 2. The zero-order valence-corrected chi connectivity index (χ0v) is 15.4. The smallest absolute Gasteiger partial charge is 0.195 e. The molecular formula is C22H18N2O3. The van der Waals surface area contributed by atoms with E-state index in [9.17, 15) is 10.1 Å². The zero-order chi connectivity index (χ0) is 19.6. The number of nitrogens with zero attached hydrogens (tertiary/aromatic N) is 2. The van der Waals surface area contributed by atoms with E-state index in [1.54, 1.807) is 50.4 Å². The van der Waals surface area contributed by atoms with E-state index >= 15 is 0 Å².